The van der Waals surface area contributed by atoms with Crippen LogP contribution in [-0.4, -0.2) is 55.2 Å². The van der Waals surface area contributed by atoms with Crippen molar-refractivity contribution in [3.05, 3.63) is 78.5 Å². The second kappa shape index (κ2) is 9.13. The molecule has 0 aliphatic carbocycles. The summed E-state index contributed by atoms with van der Waals surface area (Å²) < 4.78 is 7.71. The maximum Gasteiger partial charge on any atom is 0.255 e. The van der Waals surface area contributed by atoms with Crippen LogP contribution in [0.4, 0.5) is 0 Å². The fourth-order valence-electron chi connectivity index (χ4n) is 4.18. The lowest BCUT2D eigenvalue weighted by atomic mass is 9.94. The number of hydrogen-bond donors (Lipinski definition) is 0. The lowest BCUT2D eigenvalue weighted by molar-refractivity contribution is 0.0705. The number of nitrogens with zero attached hydrogens (tertiary/aromatic N) is 6. The summed E-state index contributed by atoms with van der Waals surface area (Å²) in [6.45, 7) is 2.39. The molecule has 0 spiro atoms. The minimum absolute atomic E-state index is 0.00823. The molecule has 0 bridgehead atoms. The van der Waals surface area contributed by atoms with Crippen LogP contribution < -0.4 is 4.74 Å². The van der Waals surface area contributed by atoms with Gasteiger partial charge in [-0.1, -0.05) is 18.2 Å². The summed E-state index contributed by atoms with van der Waals surface area (Å²) in [5.74, 6) is 0.945. The Hall–Kier alpha value is -3.81. The van der Waals surface area contributed by atoms with Gasteiger partial charge in [0.05, 0.1) is 17.8 Å². The normalized spacial score (nSPS) is 16.2. The number of rotatable bonds is 6. The van der Waals surface area contributed by atoms with Gasteiger partial charge in [0.2, 0.25) is 0 Å². The van der Waals surface area contributed by atoms with Gasteiger partial charge in [-0.05, 0) is 37.1 Å². The Kier molecular flexibility index (Phi) is 5.74. The van der Waals surface area contributed by atoms with E-state index in [1.54, 1.807) is 36.9 Å². The minimum atomic E-state index is 0.00823. The van der Waals surface area contributed by atoms with E-state index in [4.69, 9.17) is 9.84 Å². The number of amides is 1. The van der Waals surface area contributed by atoms with Gasteiger partial charge >= 0.3 is 0 Å². The number of pyridine rings is 1. The van der Waals surface area contributed by atoms with Crippen molar-refractivity contribution in [1.82, 2.24) is 29.6 Å². The minimum Gasteiger partial charge on any atom is -0.492 e. The quantitative estimate of drug-likeness (QED) is 0.468. The smallest absolute Gasteiger partial charge is 0.255 e. The number of hydrogen-bond acceptors (Lipinski definition) is 6. The van der Waals surface area contributed by atoms with Gasteiger partial charge in [-0.2, -0.15) is 5.10 Å². The Morgan fingerprint density at radius 1 is 1.06 bits per heavy atom. The largest absolute Gasteiger partial charge is 0.492 e. The van der Waals surface area contributed by atoms with Gasteiger partial charge < -0.3 is 9.64 Å². The van der Waals surface area contributed by atoms with Crippen molar-refractivity contribution in [2.45, 2.75) is 25.3 Å². The maximum absolute atomic E-state index is 12.9. The van der Waals surface area contributed by atoms with Crippen LogP contribution in [-0.2, 0) is 6.54 Å². The summed E-state index contributed by atoms with van der Waals surface area (Å²) in [4.78, 5) is 28.0. The number of benzene rings is 1. The summed E-state index contributed by atoms with van der Waals surface area (Å²) >= 11 is 0. The molecule has 3 aromatic heterocycles. The van der Waals surface area contributed by atoms with E-state index < -0.39 is 0 Å². The van der Waals surface area contributed by atoms with Gasteiger partial charge in [-0.25, -0.2) is 14.6 Å². The highest BCUT2D eigenvalue weighted by molar-refractivity contribution is 5.94. The highest BCUT2D eigenvalue weighted by Gasteiger charge is 2.29. The van der Waals surface area contributed by atoms with Gasteiger partial charge in [0.25, 0.3) is 5.91 Å². The molecule has 0 saturated carbocycles. The lowest BCUT2D eigenvalue weighted by Crippen LogP contribution is -2.39. The second-order valence-corrected chi connectivity index (χ2v) is 7.83. The molecule has 1 atom stereocenters. The Labute approximate surface area is 185 Å². The van der Waals surface area contributed by atoms with E-state index in [1.165, 1.54) is 0 Å². The SMILES string of the molecule is O=C(c1cccnc1)N1CCC[C@H](c2nn(CCOc3ccccc3)c3nccnc23)C1. The first-order valence-electron chi connectivity index (χ1n) is 10.8. The highest BCUT2D eigenvalue weighted by atomic mass is 16.5. The van der Waals surface area contributed by atoms with Crippen LogP contribution in [0.25, 0.3) is 11.2 Å². The average molecular weight is 428 g/mol. The third-order valence-electron chi connectivity index (χ3n) is 5.71. The van der Waals surface area contributed by atoms with Crippen molar-refractivity contribution < 1.29 is 9.53 Å². The third kappa shape index (κ3) is 4.16. The molecule has 1 fully saturated rings. The van der Waals surface area contributed by atoms with Crippen molar-refractivity contribution in [2.75, 3.05) is 19.7 Å². The fraction of sp³-hybridized carbons (Fsp3) is 0.292. The zero-order chi connectivity index (χ0) is 21.8. The number of carbonyl (C=O) groups is 1. The van der Waals surface area contributed by atoms with E-state index in [0.29, 0.717) is 25.3 Å². The van der Waals surface area contributed by atoms with E-state index in [2.05, 4.69) is 15.0 Å². The topological polar surface area (TPSA) is 86.0 Å². The van der Waals surface area contributed by atoms with Gasteiger partial charge in [0, 0.05) is 43.8 Å². The van der Waals surface area contributed by atoms with Crippen LogP contribution in [0.15, 0.2) is 67.3 Å². The molecule has 32 heavy (non-hydrogen) atoms. The zero-order valence-corrected chi connectivity index (χ0v) is 17.7. The van der Waals surface area contributed by atoms with E-state index in [0.717, 1.165) is 42.0 Å². The first-order chi connectivity index (χ1) is 15.8. The molecular weight excluding hydrogens is 404 g/mol. The van der Waals surface area contributed by atoms with Crippen molar-refractivity contribution in [1.29, 1.82) is 0 Å². The second-order valence-electron chi connectivity index (χ2n) is 7.83. The molecule has 0 radical (unpaired) electrons. The predicted octanol–water partition coefficient (Wildman–Crippen LogP) is 3.32. The standard InChI is InChI=1S/C24H24N6O2/c31-24(18-6-4-10-25-16-18)29-13-5-7-19(17-29)21-22-23(27-12-11-26-22)30(28-21)14-15-32-20-8-2-1-3-9-20/h1-4,6,8-12,16,19H,5,7,13-15,17H2/t19-/m0/s1. The molecule has 1 aromatic carbocycles. The first kappa shape index (κ1) is 20.1. The summed E-state index contributed by atoms with van der Waals surface area (Å²) in [5.41, 5.74) is 3.06. The van der Waals surface area contributed by atoms with E-state index in [9.17, 15) is 4.79 Å². The molecule has 1 aliphatic rings. The molecular formula is C24H24N6O2. The van der Waals surface area contributed by atoms with Crippen LogP contribution in [0.3, 0.4) is 0 Å². The number of para-hydroxylation sites is 1. The molecule has 1 amide bonds. The van der Waals surface area contributed by atoms with Crippen molar-refractivity contribution in [3.63, 3.8) is 0 Å². The van der Waals surface area contributed by atoms with Crippen LogP contribution in [0.2, 0.25) is 0 Å². The van der Waals surface area contributed by atoms with Crippen LogP contribution in [0.5, 0.6) is 5.75 Å². The Morgan fingerprint density at radius 3 is 2.78 bits per heavy atom. The molecule has 1 saturated heterocycles. The van der Waals surface area contributed by atoms with Gasteiger partial charge in [0.1, 0.15) is 17.9 Å². The molecule has 4 aromatic rings. The van der Waals surface area contributed by atoms with Crippen LogP contribution >= 0.6 is 0 Å². The Morgan fingerprint density at radius 2 is 1.94 bits per heavy atom. The van der Waals surface area contributed by atoms with E-state index >= 15 is 0 Å². The summed E-state index contributed by atoms with van der Waals surface area (Å²) in [7, 11) is 0. The Bertz CT molecular complexity index is 1200. The molecule has 4 heterocycles. The first-order valence-corrected chi connectivity index (χ1v) is 10.8. The fourth-order valence-corrected chi connectivity index (χ4v) is 4.18. The Balaban J connectivity index is 1.35. The summed E-state index contributed by atoms with van der Waals surface area (Å²) in [6.07, 6.45) is 8.55. The number of fused-ring (bicyclic) bond motifs is 1. The predicted molar refractivity (Wildman–Crippen MR) is 119 cm³/mol. The number of aromatic nitrogens is 5. The lowest BCUT2D eigenvalue weighted by Gasteiger charge is -2.32. The number of piperidine rings is 1. The number of likely N-dealkylation sites (tertiary alicyclic amines) is 1. The van der Waals surface area contributed by atoms with E-state index in [-0.39, 0.29) is 11.8 Å². The molecule has 1 aliphatic heterocycles. The molecule has 8 heteroatoms. The monoisotopic (exact) mass is 428 g/mol. The van der Waals surface area contributed by atoms with Gasteiger partial charge in [-0.3, -0.25) is 9.78 Å². The highest BCUT2D eigenvalue weighted by Crippen LogP contribution is 2.30. The van der Waals surface area contributed by atoms with Crippen molar-refractivity contribution >= 4 is 17.1 Å². The van der Waals surface area contributed by atoms with Crippen molar-refractivity contribution in [2.24, 2.45) is 0 Å². The van der Waals surface area contributed by atoms with Crippen LogP contribution in [0, 0.1) is 0 Å². The molecule has 8 nitrogen and oxygen atoms in total. The van der Waals surface area contributed by atoms with Crippen LogP contribution in [0.1, 0.15) is 34.8 Å². The zero-order valence-electron chi connectivity index (χ0n) is 17.7. The molecule has 0 unspecified atom stereocenters. The van der Waals surface area contributed by atoms with Gasteiger partial charge in [-0.15, -0.1) is 0 Å². The number of ether oxygens (including phenoxy) is 1. The average Bonchev–Trinajstić information content (AvgIpc) is 3.24. The molecule has 0 N–H and O–H groups in total. The van der Waals surface area contributed by atoms with Crippen molar-refractivity contribution in [3.8, 4) is 5.75 Å². The van der Waals surface area contributed by atoms with Gasteiger partial charge in [0.15, 0.2) is 5.65 Å². The maximum atomic E-state index is 12.9. The number of carbonyl (C=O) groups excluding carboxylic acids is 1. The molecule has 5 rings (SSSR count). The summed E-state index contributed by atoms with van der Waals surface area (Å²) in [5, 5.41) is 4.87. The summed E-state index contributed by atoms with van der Waals surface area (Å²) in [6, 6.07) is 13.3. The molecule has 162 valence electrons. The third-order valence-corrected chi connectivity index (χ3v) is 5.71. The van der Waals surface area contributed by atoms with E-state index in [1.807, 2.05) is 39.9 Å².